The van der Waals surface area contributed by atoms with Gasteiger partial charge in [-0.1, -0.05) is 35.9 Å². The van der Waals surface area contributed by atoms with Crippen molar-refractivity contribution in [3.8, 4) is 11.1 Å². The second-order valence-electron chi connectivity index (χ2n) is 5.39. The van der Waals surface area contributed by atoms with Crippen molar-refractivity contribution in [1.29, 1.82) is 0 Å². The topological polar surface area (TPSA) is 32.3 Å². The maximum absolute atomic E-state index is 14.3. The summed E-state index contributed by atoms with van der Waals surface area (Å²) in [6.07, 6.45) is 0. The lowest BCUT2D eigenvalue weighted by Crippen LogP contribution is -2.33. The van der Waals surface area contributed by atoms with Gasteiger partial charge in [-0.05, 0) is 37.2 Å². The Hall–Kier alpha value is -1.91. The number of benzene rings is 2. The average molecular weight is 337 g/mol. The molecule has 0 fully saturated rings. The van der Waals surface area contributed by atoms with Crippen molar-refractivity contribution in [2.45, 2.75) is 6.92 Å². The van der Waals surface area contributed by atoms with E-state index in [1.807, 2.05) is 38.2 Å². The first-order valence-corrected chi connectivity index (χ1v) is 7.29. The number of halogens is 2. The Labute approximate surface area is 142 Å². The normalized spacial score (nSPS) is 10.1. The van der Waals surface area contributed by atoms with E-state index in [2.05, 4.69) is 5.32 Å². The molecule has 124 valence electrons. The van der Waals surface area contributed by atoms with E-state index in [4.69, 9.17) is 0 Å². The van der Waals surface area contributed by atoms with Gasteiger partial charge in [0.15, 0.2) is 0 Å². The Kier molecular flexibility index (Phi) is 7.20. The van der Waals surface area contributed by atoms with Crippen LogP contribution in [0.1, 0.15) is 15.9 Å². The van der Waals surface area contributed by atoms with Crippen molar-refractivity contribution in [2.24, 2.45) is 0 Å². The van der Waals surface area contributed by atoms with Gasteiger partial charge in [0.1, 0.15) is 5.82 Å². The predicted molar refractivity (Wildman–Crippen MR) is 94.7 cm³/mol. The minimum Gasteiger partial charge on any atom is -0.340 e. The molecule has 2 aromatic carbocycles. The fourth-order valence-electron chi connectivity index (χ4n) is 2.20. The maximum Gasteiger partial charge on any atom is 0.256 e. The van der Waals surface area contributed by atoms with Gasteiger partial charge in [0, 0.05) is 20.1 Å². The Bertz CT molecular complexity index is 659. The Morgan fingerprint density at radius 3 is 2.30 bits per heavy atom. The molecule has 0 aliphatic carbocycles. The number of likely N-dealkylation sites (N-methyl/N-ethyl adjacent to an activating group) is 2. The van der Waals surface area contributed by atoms with Crippen molar-refractivity contribution in [3.63, 3.8) is 0 Å². The largest absolute Gasteiger partial charge is 0.340 e. The van der Waals surface area contributed by atoms with E-state index in [1.165, 1.54) is 11.0 Å². The molecule has 0 aliphatic rings. The summed E-state index contributed by atoms with van der Waals surface area (Å²) < 4.78 is 14.3. The molecule has 0 bridgehead atoms. The highest BCUT2D eigenvalue weighted by atomic mass is 35.5. The predicted octanol–water partition coefficient (Wildman–Crippen LogP) is 3.51. The van der Waals surface area contributed by atoms with Crippen LogP contribution in [0.25, 0.3) is 11.1 Å². The van der Waals surface area contributed by atoms with Gasteiger partial charge in [0.25, 0.3) is 5.91 Å². The van der Waals surface area contributed by atoms with E-state index in [9.17, 15) is 9.18 Å². The number of nitrogens with one attached hydrogen (secondary N) is 1. The third-order valence-corrected chi connectivity index (χ3v) is 3.63. The molecule has 0 atom stereocenters. The standard InChI is InChI=1S/C18H21FN2O.ClH/c1-13-4-6-14(7-5-13)15-8-9-16(17(19)12-15)18(22)21(3)11-10-20-2;/h4-9,12,20H,10-11H2,1-3H3;1H. The van der Waals surface area contributed by atoms with Crippen LogP contribution in [0.5, 0.6) is 0 Å². The van der Waals surface area contributed by atoms with Crippen molar-refractivity contribution in [2.75, 3.05) is 27.2 Å². The summed E-state index contributed by atoms with van der Waals surface area (Å²) in [6.45, 7) is 3.22. The molecule has 0 unspecified atom stereocenters. The first kappa shape index (κ1) is 19.1. The quantitative estimate of drug-likeness (QED) is 0.906. The van der Waals surface area contributed by atoms with Gasteiger partial charge in [-0.2, -0.15) is 0 Å². The number of hydrogen-bond acceptors (Lipinski definition) is 2. The molecule has 2 rings (SSSR count). The molecule has 23 heavy (non-hydrogen) atoms. The first-order chi connectivity index (χ1) is 10.5. The van der Waals surface area contributed by atoms with E-state index >= 15 is 0 Å². The number of aryl methyl sites for hydroxylation is 1. The minimum absolute atomic E-state index is 0. The van der Waals surface area contributed by atoms with Crippen LogP contribution in [-0.4, -0.2) is 38.0 Å². The third-order valence-electron chi connectivity index (χ3n) is 3.63. The van der Waals surface area contributed by atoms with Gasteiger partial charge in [0.05, 0.1) is 5.56 Å². The fraction of sp³-hybridized carbons (Fsp3) is 0.278. The molecule has 0 aromatic heterocycles. The van der Waals surface area contributed by atoms with Crippen LogP contribution in [0.3, 0.4) is 0 Å². The number of carbonyl (C=O) groups excluding carboxylic acids is 1. The van der Waals surface area contributed by atoms with Gasteiger partial charge in [0.2, 0.25) is 0 Å². The van der Waals surface area contributed by atoms with Crippen LogP contribution in [0.2, 0.25) is 0 Å². The molecule has 0 saturated heterocycles. The minimum atomic E-state index is -0.487. The Morgan fingerprint density at radius 2 is 1.74 bits per heavy atom. The van der Waals surface area contributed by atoms with Gasteiger partial charge < -0.3 is 10.2 Å². The summed E-state index contributed by atoms with van der Waals surface area (Å²) in [5.41, 5.74) is 2.97. The first-order valence-electron chi connectivity index (χ1n) is 7.29. The summed E-state index contributed by atoms with van der Waals surface area (Å²) in [5.74, 6) is -0.789. The molecule has 0 heterocycles. The molecule has 0 radical (unpaired) electrons. The lowest BCUT2D eigenvalue weighted by molar-refractivity contribution is 0.0792. The van der Waals surface area contributed by atoms with E-state index in [0.29, 0.717) is 13.1 Å². The average Bonchev–Trinajstić information content (AvgIpc) is 2.52. The van der Waals surface area contributed by atoms with Crippen molar-refractivity contribution >= 4 is 18.3 Å². The summed E-state index contributed by atoms with van der Waals surface area (Å²) in [7, 11) is 3.49. The zero-order valence-corrected chi connectivity index (χ0v) is 14.4. The second-order valence-corrected chi connectivity index (χ2v) is 5.39. The van der Waals surface area contributed by atoms with E-state index in [1.54, 1.807) is 19.2 Å². The Morgan fingerprint density at radius 1 is 1.13 bits per heavy atom. The van der Waals surface area contributed by atoms with Crippen molar-refractivity contribution < 1.29 is 9.18 Å². The second kappa shape index (κ2) is 8.65. The summed E-state index contributed by atoms with van der Waals surface area (Å²) in [4.78, 5) is 13.7. The molecule has 1 N–H and O–H groups in total. The van der Waals surface area contributed by atoms with E-state index in [-0.39, 0.29) is 23.9 Å². The summed E-state index contributed by atoms with van der Waals surface area (Å²) in [6, 6.07) is 12.6. The third kappa shape index (κ3) is 4.78. The highest BCUT2D eigenvalue weighted by Crippen LogP contribution is 2.23. The SMILES string of the molecule is CNCCN(C)C(=O)c1ccc(-c2ccc(C)cc2)cc1F.Cl. The molecule has 5 heteroatoms. The zero-order chi connectivity index (χ0) is 16.1. The van der Waals surface area contributed by atoms with Crippen LogP contribution < -0.4 is 5.32 Å². The maximum atomic E-state index is 14.3. The lowest BCUT2D eigenvalue weighted by atomic mass is 10.0. The molecule has 3 nitrogen and oxygen atoms in total. The highest BCUT2D eigenvalue weighted by Gasteiger charge is 2.16. The highest BCUT2D eigenvalue weighted by molar-refractivity contribution is 5.94. The fourth-order valence-corrected chi connectivity index (χ4v) is 2.20. The van der Waals surface area contributed by atoms with Crippen LogP contribution in [-0.2, 0) is 0 Å². The zero-order valence-electron chi connectivity index (χ0n) is 13.6. The molecular weight excluding hydrogens is 315 g/mol. The molecule has 1 amide bonds. The monoisotopic (exact) mass is 336 g/mol. The number of nitrogens with zero attached hydrogens (tertiary/aromatic N) is 1. The smallest absolute Gasteiger partial charge is 0.256 e. The molecule has 2 aromatic rings. The van der Waals surface area contributed by atoms with Crippen LogP contribution in [0.15, 0.2) is 42.5 Å². The summed E-state index contributed by atoms with van der Waals surface area (Å²) in [5, 5.41) is 2.97. The van der Waals surface area contributed by atoms with Crippen LogP contribution >= 0.6 is 12.4 Å². The van der Waals surface area contributed by atoms with Gasteiger partial charge in [-0.15, -0.1) is 12.4 Å². The molecule has 0 spiro atoms. The number of amides is 1. The number of rotatable bonds is 5. The molecule has 0 aliphatic heterocycles. The Balaban J connectivity index is 0.00000264. The van der Waals surface area contributed by atoms with Crippen LogP contribution in [0, 0.1) is 12.7 Å². The van der Waals surface area contributed by atoms with Gasteiger partial charge in [-0.25, -0.2) is 4.39 Å². The van der Waals surface area contributed by atoms with Crippen molar-refractivity contribution in [1.82, 2.24) is 10.2 Å². The molecular formula is C18H22ClFN2O. The van der Waals surface area contributed by atoms with Crippen molar-refractivity contribution in [3.05, 3.63) is 59.4 Å². The van der Waals surface area contributed by atoms with Crippen LogP contribution in [0.4, 0.5) is 4.39 Å². The number of hydrogen-bond donors (Lipinski definition) is 1. The molecule has 0 saturated carbocycles. The van der Waals surface area contributed by atoms with E-state index < -0.39 is 5.82 Å². The van der Waals surface area contributed by atoms with Gasteiger partial charge in [-0.3, -0.25) is 4.79 Å². The number of carbonyl (C=O) groups is 1. The lowest BCUT2D eigenvalue weighted by Gasteiger charge is -2.17. The van der Waals surface area contributed by atoms with Gasteiger partial charge >= 0.3 is 0 Å². The summed E-state index contributed by atoms with van der Waals surface area (Å²) >= 11 is 0. The van der Waals surface area contributed by atoms with E-state index in [0.717, 1.165) is 16.7 Å².